The molecule has 0 saturated heterocycles. The van der Waals surface area contributed by atoms with Gasteiger partial charge in [-0.05, 0) is 42.5 Å². The largest absolute Gasteiger partial charge is 0.420 e. The van der Waals surface area contributed by atoms with Crippen molar-refractivity contribution in [3.8, 4) is 17.1 Å². The maximum Gasteiger partial charge on any atom is 0.247 e. The van der Waals surface area contributed by atoms with E-state index in [4.69, 9.17) is 4.42 Å². The van der Waals surface area contributed by atoms with Gasteiger partial charge in [-0.1, -0.05) is 33.8 Å². The number of nitrogens with zero attached hydrogens (tertiary/aromatic N) is 4. The van der Waals surface area contributed by atoms with Crippen LogP contribution in [0.3, 0.4) is 0 Å². The summed E-state index contributed by atoms with van der Waals surface area (Å²) in [5.41, 5.74) is 1.57. The van der Waals surface area contributed by atoms with Crippen molar-refractivity contribution in [2.45, 2.75) is 10.9 Å². The molecule has 0 aliphatic heterocycles. The van der Waals surface area contributed by atoms with Gasteiger partial charge in [-0.3, -0.25) is 4.57 Å². The van der Waals surface area contributed by atoms with Gasteiger partial charge < -0.3 is 4.42 Å². The molecular weight excluding hydrogens is 419 g/mol. The van der Waals surface area contributed by atoms with Crippen LogP contribution in [0, 0.1) is 5.82 Å². The molecule has 8 heteroatoms. The molecule has 2 aromatic heterocycles. The van der Waals surface area contributed by atoms with E-state index in [9.17, 15) is 4.39 Å². The predicted molar refractivity (Wildman–Crippen MR) is 101 cm³/mol. The Morgan fingerprint density at radius 1 is 1.12 bits per heavy atom. The van der Waals surface area contributed by atoms with Crippen LogP contribution in [0.5, 0.6) is 0 Å². The van der Waals surface area contributed by atoms with E-state index in [2.05, 4.69) is 31.1 Å². The second-order valence-corrected chi connectivity index (χ2v) is 7.21. The third kappa shape index (κ3) is 3.71. The van der Waals surface area contributed by atoms with Crippen molar-refractivity contribution in [2.75, 3.05) is 0 Å². The highest BCUT2D eigenvalue weighted by Crippen LogP contribution is 2.26. The standard InChI is InChI=1S/C18H12BrFN4OS/c19-13-6-4-12(5-7-13)17-23-22-16(25-17)11-26-18-21-8-9-24(18)15-3-1-2-14(20)10-15/h1-10H,11H2. The predicted octanol–water partition coefficient (Wildman–Crippen LogP) is 5.12. The molecule has 26 heavy (non-hydrogen) atoms. The fraction of sp³-hybridized carbons (Fsp3) is 0.0556. The van der Waals surface area contributed by atoms with Crippen molar-refractivity contribution < 1.29 is 8.81 Å². The molecule has 0 aliphatic rings. The lowest BCUT2D eigenvalue weighted by Crippen LogP contribution is -1.96. The minimum Gasteiger partial charge on any atom is -0.420 e. The zero-order chi connectivity index (χ0) is 17.9. The molecule has 5 nitrogen and oxygen atoms in total. The molecule has 0 radical (unpaired) electrons. The molecule has 4 aromatic rings. The molecule has 130 valence electrons. The van der Waals surface area contributed by atoms with Gasteiger partial charge in [-0.2, -0.15) is 0 Å². The number of halogens is 2. The van der Waals surface area contributed by atoms with Crippen LogP contribution < -0.4 is 0 Å². The maximum atomic E-state index is 13.5. The topological polar surface area (TPSA) is 56.7 Å². The van der Waals surface area contributed by atoms with Crippen molar-refractivity contribution in [3.05, 3.63) is 77.1 Å². The van der Waals surface area contributed by atoms with Gasteiger partial charge in [-0.25, -0.2) is 9.37 Å². The molecular formula is C18H12BrFN4OS. The molecule has 2 heterocycles. The summed E-state index contributed by atoms with van der Waals surface area (Å²) >= 11 is 4.84. The van der Waals surface area contributed by atoms with Crippen molar-refractivity contribution in [1.29, 1.82) is 0 Å². The number of hydrogen-bond donors (Lipinski definition) is 0. The highest BCUT2D eigenvalue weighted by Gasteiger charge is 2.12. The van der Waals surface area contributed by atoms with E-state index < -0.39 is 0 Å². The fourth-order valence-electron chi connectivity index (χ4n) is 2.37. The minimum atomic E-state index is -0.289. The van der Waals surface area contributed by atoms with Crippen molar-refractivity contribution in [3.63, 3.8) is 0 Å². The third-order valence-electron chi connectivity index (χ3n) is 3.58. The van der Waals surface area contributed by atoms with Crippen LogP contribution in [0.4, 0.5) is 4.39 Å². The van der Waals surface area contributed by atoms with Gasteiger partial charge in [0.25, 0.3) is 0 Å². The molecule has 0 bridgehead atoms. The van der Waals surface area contributed by atoms with E-state index in [1.807, 2.05) is 34.9 Å². The number of rotatable bonds is 5. The Kier molecular flexibility index (Phi) is 4.85. The molecule has 2 aromatic carbocycles. The van der Waals surface area contributed by atoms with E-state index >= 15 is 0 Å². The molecule has 0 N–H and O–H groups in total. The summed E-state index contributed by atoms with van der Waals surface area (Å²) in [6.45, 7) is 0. The van der Waals surface area contributed by atoms with Gasteiger partial charge in [0, 0.05) is 22.4 Å². The highest BCUT2D eigenvalue weighted by atomic mass is 79.9. The lowest BCUT2D eigenvalue weighted by molar-refractivity contribution is 0.528. The Hall–Kier alpha value is -2.45. The first-order chi connectivity index (χ1) is 12.7. The summed E-state index contributed by atoms with van der Waals surface area (Å²) in [6.07, 6.45) is 3.46. The Morgan fingerprint density at radius 2 is 1.96 bits per heavy atom. The van der Waals surface area contributed by atoms with E-state index in [1.165, 1.54) is 23.9 Å². The molecule has 0 unspecified atom stereocenters. The first-order valence-electron chi connectivity index (χ1n) is 7.69. The molecule has 0 spiro atoms. The van der Waals surface area contributed by atoms with Gasteiger partial charge in [0.2, 0.25) is 11.8 Å². The molecule has 0 amide bonds. The zero-order valence-electron chi connectivity index (χ0n) is 13.3. The number of thioether (sulfide) groups is 1. The molecule has 0 fully saturated rings. The summed E-state index contributed by atoms with van der Waals surface area (Å²) in [6, 6.07) is 14.0. The van der Waals surface area contributed by atoms with Crippen LogP contribution >= 0.6 is 27.7 Å². The summed E-state index contributed by atoms with van der Waals surface area (Å²) in [5.74, 6) is 1.15. The summed E-state index contributed by atoms with van der Waals surface area (Å²) in [5, 5.41) is 8.89. The van der Waals surface area contributed by atoms with E-state index in [0.717, 1.165) is 15.2 Å². The first-order valence-corrected chi connectivity index (χ1v) is 9.47. The summed E-state index contributed by atoms with van der Waals surface area (Å²) < 4.78 is 22.0. The van der Waals surface area contributed by atoms with Crippen molar-refractivity contribution in [1.82, 2.24) is 19.7 Å². The summed E-state index contributed by atoms with van der Waals surface area (Å²) in [4.78, 5) is 4.32. The average Bonchev–Trinajstić information content (AvgIpc) is 3.30. The molecule has 0 saturated carbocycles. The number of aromatic nitrogens is 4. The van der Waals surface area contributed by atoms with E-state index in [0.29, 0.717) is 23.2 Å². The van der Waals surface area contributed by atoms with Gasteiger partial charge in [0.05, 0.1) is 11.4 Å². The Bertz CT molecular complexity index is 1030. The van der Waals surface area contributed by atoms with Crippen molar-refractivity contribution >= 4 is 27.7 Å². The quantitative estimate of drug-likeness (QED) is 0.411. The monoisotopic (exact) mass is 430 g/mol. The molecule has 0 aliphatic carbocycles. The third-order valence-corrected chi connectivity index (χ3v) is 5.06. The molecule has 4 rings (SSSR count). The van der Waals surface area contributed by atoms with E-state index in [1.54, 1.807) is 18.5 Å². The second kappa shape index (κ2) is 7.43. The second-order valence-electron chi connectivity index (χ2n) is 5.36. The smallest absolute Gasteiger partial charge is 0.247 e. The highest BCUT2D eigenvalue weighted by molar-refractivity contribution is 9.10. The van der Waals surface area contributed by atoms with Gasteiger partial charge >= 0.3 is 0 Å². The maximum absolute atomic E-state index is 13.5. The Morgan fingerprint density at radius 3 is 2.77 bits per heavy atom. The SMILES string of the molecule is Fc1cccc(-n2ccnc2SCc2nnc(-c3ccc(Br)cc3)o2)c1. The lowest BCUT2D eigenvalue weighted by Gasteiger charge is -2.06. The fourth-order valence-corrected chi connectivity index (χ4v) is 3.44. The number of hydrogen-bond acceptors (Lipinski definition) is 5. The lowest BCUT2D eigenvalue weighted by atomic mass is 10.2. The number of benzene rings is 2. The van der Waals surface area contributed by atoms with Crippen LogP contribution in [0.15, 0.2) is 75.0 Å². The van der Waals surface area contributed by atoms with Crippen LogP contribution in [-0.2, 0) is 5.75 Å². The summed E-state index contributed by atoms with van der Waals surface area (Å²) in [7, 11) is 0. The molecule has 0 atom stereocenters. The Labute approximate surface area is 161 Å². The van der Waals surface area contributed by atoms with Crippen molar-refractivity contribution in [2.24, 2.45) is 0 Å². The average molecular weight is 431 g/mol. The van der Waals surface area contributed by atoms with Crippen LogP contribution in [0.25, 0.3) is 17.1 Å². The van der Waals surface area contributed by atoms with Gasteiger partial charge in [-0.15, -0.1) is 10.2 Å². The Balaban J connectivity index is 1.49. The van der Waals surface area contributed by atoms with E-state index in [-0.39, 0.29) is 5.82 Å². The van der Waals surface area contributed by atoms with Crippen LogP contribution in [-0.4, -0.2) is 19.7 Å². The first kappa shape index (κ1) is 17.0. The van der Waals surface area contributed by atoms with Gasteiger partial charge in [0.1, 0.15) is 5.82 Å². The zero-order valence-corrected chi connectivity index (χ0v) is 15.7. The normalized spacial score (nSPS) is 11.0. The van der Waals surface area contributed by atoms with Gasteiger partial charge in [0.15, 0.2) is 5.16 Å². The number of imidazole rings is 1. The van der Waals surface area contributed by atoms with Crippen LogP contribution in [0.1, 0.15) is 5.89 Å². The van der Waals surface area contributed by atoms with Crippen LogP contribution in [0.2, 0.25) is 0 Å². The minimum absolute atomic E-state index is 0.289.